The van der Waals surface area contributed by atoms with Crippen molar-refractivity contribution in [1.29, 1.82) is 0 Å². The number of amides is 1. The molecular weight excluding hydrogens is 388 g/mol. The molecule has 2 aromatic carbocycles. The summed E-state index contributed by atoms with van der Waals surface area (Å²) < 4.78 is 7.74. The summed E-state index contributed by atoms with van der Waals surface area (Å²) in [4.78, 5) is 17.0. The first kappa shape index (κ1) is 16.9. The number of nitrogens with zero attached hydrogens (tertiary/aromatic N) is 1. The third-order valence-electron chi connectivity index (χ3n) is 3.29. The van der Waals surface area contributed by atoms with E-state index in [1.165, 1.54) is 0 Å². The third-order valence-corrected chi connectivity index (χ3v) is 4.82. The zero-order valence-electron chi connectivity index (χ0n) is 13.4. The third kappa shape index (κ3) is 3.94. The van der Waals surface area contributed by atoms with Gasteiger partial charge in [0.1, 0.15) is 10.8 Å². The van der Waals surface area contributed by atoms with E-state index in [-0.39, 0.29) is 12.0 Å². The summed E-state index contributed by atoms with van der Waals surface area (Å²) in [7, 11) is 0. The number of aromatic nitrogens is 1. The van der Waals surface area contributed by atoms with Crippen molar-refractivity contribution in [1.82, 2.24) is 10.3 Å². The Bertz CT molecular complexity index is 843. The van der Waals surface area contributed by atoms with E-state index in [1.807, 2.05) is 50.2 Å². The van der Waals surface area contributed by atoms with Gasteiger partial charge in [-0.15, -0.1) is 11.3 Å². The molecule has 4 nitrogen and oxygen atoms in total. The number of thiazole rings is 1. The van der Waals surface area contributed by atoms with Crippen LogP contribution in [0, 0.1) is 0 Å². The Kier molecular flexibility index (Phi) is 5.16. The molecule has 3 rings (SSSR count). The van der Waals surface area contributed by atoms with Gasteiger partial charge in [-0.2, -0.15) is 0 Å². The standard InChI is InChI=1S/C18H17BrN2O2S/c1-11(2)23-15-9-12(19)7-8-13(15)18(22)20-10-17-21-14-5-3-4-6-16(14)24-17/h3-9,11H,10H2,1-2H3,(H,20,22). The van der Waals surface area contributed by atoms with E-state index in [0.29, 0.717) is 17.9 Å². The van der Waals surface area contributed by atoms with E-state index in [9.17, 15) is 4.79 Å². The molecule has 0 aliphatic heterocycles. The van der Waals surface area contributed by atoms with Crippen molar-refractivity contribution in [2.24, 2.45) is 0 Å². The SMILES string of the molecule is CC(C)Oc1cc(Br)ccc1C(=O)NCc1nc2ccccc2s1. The van der Waals surface area contributed by atoms with Gasteiger partial charge in [0, 0.05) is 4.47 Å². The minimum Gasteiger partial charge on any atom is -0.490 e. The highest BCUT2D eigenvalue weighted by Gasteiger charge is 2.15. The predicted octanol–water partition coefficient (Wildman–Crippen LogP) is 4.78. The second-order valence-electron chi connectivity index (χ2n) is 5.57. The second-order valence-corrected chi connectivity index (χ2v) is 7.60. The first-order valence-electron chi connectivity index (χ1n) is 7.62. The smallest absolute Gasteiger partial charge is 0.255 e. The van der Waals surface area contributed by atoms with E-state index in [0.717, 1.165) is 19.7 Å². The average Bonchev–Trinajstić information content (AvgIpc) is 2.95. The van der Waals surface area contributed by atoms with Gasteiger partial charge >= 0.3 is 0 Å². The molecule has 0 aliphatic rings. The van der Waals surface area contributed by atoms with Gasteiger partial charge in [-0.05, 0) is 44.2 Å². The van der Waals surface area contributed by atoms with Crippen LogP contribution in [0.1, 0.15) is 29.2 Å². The Balaban J connectivity index is 1.75. The fraction of sp³-hybridized carbons (Fsp3) is 0.222. The molecule has 0 aliphatic carbocycles. The molecule has 0 saturated heterocycles. The van der Waals surface area contributed by atoms with Gasteiger partial charge in [-0.25, -0.2) is 4.98 Å². The average molecular weight is 405 g/mol. The highest BCUT2D eigenvalue weighted by atomic mass is 79.9. The lowest BCUT2D eigenvalue weighted by molar-refractivity contribution is 0.0945. The van der Waals surface area contributed by atoms with Crippen LogP contribution in [0.15, 0.2) is 46.9 Å². The van der Waals surface area contributed by atoms with E-state index >= 15 is 0 Å². The molecule has 0 saturated carbocycles. The van der Waals surface area contributed by atoms with E-state index < -0.39 is 0 Å². The van der Waals surface area contributed by atoms with Crippen molar-refractivity contribution in [2.75, 3.05) is 0 Å². The molecule has 0 radical (unpaired) electrons. The molecule has 6 heteroatoms. The number of ether oxygens (including phenoxy) is 1. The number of halogens is 1. The predicted molar refractivity (Wildman–Crippen MR) is 101 cm³/mol. The fourth-order valence-electron chi connectivity index (χ4n) is 2.28. The van der Waals surface area contributed by atoms with Gasteiger partial charge in [-0.1, -0.05) is 28.1 Å². The van der Waals surface area contributed by atoms with Crippen LogP contribution in [-0.2, 0) is 6.54 Å². The molecule has 1 heterocycles. The van der Waals surface area contributed by atoms with E-state index in [4.69, 9.17) is 4.74 Å². The summed E-state index contributed by atoms with van der Waals surface area (Å²) in [5.41, 5.74) is 1.48. The van der Waals surface area contributed by atoms with Gasteiger partial charge in [0.25, 0.3) is 5.91 Å². The van der Waals surface area contributed by atoms with Crippen LogP contribution in [0.5, 0.6) is 5.75 Å². The summed E-state index contributed by atoms with van der Waals surface area (Å²) in [5.74, 6) is 0.401. The number of rotatable bonds is 5. The lowest BCUT2D eigenvalue weighted by Crippen LogP contribution is -2.24. The van der Waals surface area contributed by atoms with Crippen LogP contribution >= 0.6 is 27.3 Å². The van der Waals surface area contributed by atoms with Gasteiger partial charge < -0.3 is 10.1 Å². The summed E-state index contributed by atoms with van der Waals surface area (Å²) in [6.07, 6.45) is -0.00453. The lowest BCUT2D eigenvalue weighted by atomic mass is 10.2. The molecule has 1 aromatic heterocycles. The lowest BCUT2D eigenvalue weighted by Gasteiger charge is -2.14. The van der Waals surface area contributed by atoms with Gasteiger partial charge in [-0.3, -0.25) is 4.79 Å². The highest BCUT2D eigenvalue weighted by molar-refractivity contribution is 9.10. The van der Waals surface area contributed by atoms with Crippen LogP contribution in [0.25, 0.3) is 10.2 Å². The van der Waals surface area contributed by atoms with Crippen LogP contribution in [0.3, 0.4) is 0 Å². The van der Waals surface area contributed by atoms with E-state index in [2.05, 4.69) is 26.2 Å². The second kappa shape index (κ2) is 7.32. The maximum absolute atomic E-state index is 12.5. The topological polar surface area (TPSA) is 51.2 Å². The van der Waals surface area contributed by atoms with E-state index in [1.54, 1.807) is 17.4 Å². The summed E-state index contributed by atoms with van der Waals surface area (Å²) in [6.45, 7) is 4.27. The summed E-state index contributed by atoms with van der Waals surface area (Å²) in [5, 5.41) is 3.81. The normalized spacial score (nSPS) is 11.0. The first-order chi connectivity index (χ1) is 11.5. The van der Waals surface area contributed by atoms with Crippen molar-refractivity contribution in [3.63, 3.8) is 0 Å². The zero-order valence-corrected chi connectivity index (χ0v) is 15.8. The largest absolute Gasteiger partial charge is 0.490 e. The molecular formula is C18H17BrN2O2S. The molecule has 3 aromatic rings. The van der Waals surface area contributed by atoms with Crippen molar-refractivity contribution < 1.29 is 9.53 Å². The first-order valence-corrected chi connectivity index (χ1v) is 9.23. The number of carbonyl (C=O) groups excluding carboxylic acids is 1. The molecule has 1 N–H and O–H groups in total. The number of hydrogen-bond donors (Lipinski definition) is 1. The summed E-state index contributed by atoms with van der Waals surface area (Å²) >= 11 is 5.00. The molecule has 0 spiro atoms. The minimum atomic E-state index is -0.169. The maximum atomic E-state index is 12.5. The molecule has 0 bridgehead atoms. The summed E-state index contributed by atoms with van der Waals surface area (Å²) in [6, 6.07) is 13.4. The Labute approximate surface area is 153 Å². The number of carbonyl (C=O) groups is 1. The molecule has 1 amide bonds. The minimum absolute atomic E-state index is 0.00453. The monoisotopic (exact) mass is 404 g/mol. The molecule has 24 heavy (non-hydrogen) atoms. The Morgan fingerprint density at radius 1 is 1.29 bits per heavy atom. The maximum Gasteiger partial charge on any atom is 0.255 e. The molecule has 0 unspecified atom stereocenters. The van der Waals surface area contributed by atoms with Gasteiger partial charge in [0.2, 0.25) is 0 Å². The van der Waals surface area contributed by atoms with Gasteiger partial charge in [0.15, 0.2) is 0 Å². The fourth-order valence-corrected chi connectivity index (χ4v) is 3.53. The van der Waals surface area contributed by atoms with Crippen LogP contribution in [0.4, 0.5) is 0 Å². The molecule has 0 fully saturated rings. The Morgan fingerprint density at radius 2 is 2.08 bits per heavy atom. The number of para-hydroxylation sites is 1. The van der Waals surface area contributed by atoms with Crippen LogP contribution in [0.2, 0.25) is 0 Å². The zero-order chi connectivity index (χ0) is 17.1. The number of benzene rings is 2. The number of hydrogen-bond acceptors (Lipinski definition) is 4. The quantitative estimate of drug-likeness (QED) is 0.665. The highest BCUT2D eigenvalue weighted by Crippen LogP contribution is 2.25. The Morgan fingerprint density at radius 3 is 2.83 bits per heavy atom. The van der Waals surface area contributed by atoms with Crippen molar-refractivity contribution in [3.05, 3.63) is 57.5 Å². The van der Waals surface area contributed by atoms with Crippen molar-refractivity contribution in [2.45, 2.75) is 26.5 Å². The van der Waals surface area contributed by atoms with Crippen molar-refractivity contribution in [3.8, 4) is 5.75 Å². The van der Waals surface area contributed by atoms with Crippen molar-refractivity contribution >= 4 is 43.4 Å². The van der Waals surface area contributed by atoms with Gasteiger partial charge in [0.05, 0.1) is 28.4 Å². The number of fused-ring (bicyclic) bond motifs is 1. The molecule has 124 valence electrons. The van der Waals surface area contributed by atoms with Crippen LogP contribution in [-0.4, -0.2) is 17.0 Å². The van der Waals surface area contributed by atoms with Crippen LogP contribution < -0.4 is 10.1 Å². The Hall–Kier alpha value is -1.92. The number of nitrogens with one attached hydrogen (secondary N) is 1. The molecule has 0 atom stereocenters.